The van der Waals surface area contributed by atoms with Crippen LogP contribution in [0.1, 0.15) is 10.4 Å². The van der Waals surface area contributed by atoms with Crippen LogP contribution in [-0.4, -0.2) is 11.2 Å². The molecule has 0 saturated heterocycles. The lowest BCUT2D eigenvalue weighted by molar-refractivity contribution is -0.384. The Bertz CT molecular complexity index is 690. The molecule has 20 heavy (non-hydrogen) atoms. The third-order valence-electron chi connectivity index (χ3n) is 2.44. The predicted molar refractivity (Wildman–Crippen MR) is 77.7 cm³/mol. The summed E-state index contributed by atoms with van der Waals surface area (Å²) in [6.45, 7) is 0. The van der Waals surface area contributed by atoms with Gasteiger partial charge in [-0.15, -0.1) is 0 Å². The third kappa shape index (κ3) is 3.15. The predicted octanol–water partition coefficient (Wildman–Crippen LogP) is 4.62. The Morgan fingerprint density at radius 3 is 2.50 bits per heavy atom. The van der Waals surface area contributed by atoms with Crippen molar-refractivity contribution in [3.05, 3.63) is 61.6 Å². The largest absolute Gasteiger partial charge is 0.455 e. The Hall–Kier alpha value is -1.92. The summed E-state index contributed by atoms with van der Waals surface area (Å²) in [5, 5.41) is 10.7. The van der Waals surface area contributed by atoms with Crippen molar-refractivity contribution in [1.82, 2.24) is 0 Å². The molecule has 2 rings (SSSR count). The number of ether oxygens (including phenoxy) is 1. The van der Waals surface area contributed by atoms with E-state index in [2.05, 4.69) is 15.9 Å². The van der Waals surface area contributed by atoms with Crippen LogP contribution in [0, 0.1) is 10.1 Å². The lowest BCUT2D eigenvalue weighted by Gasteiger charge is -2.09. The van der Waals surface area contributed by atoms with Crippen LogP contribution >= 0.6 is 27.5 Å². The second kappa shape index (κ2) is 6.02. The first-order chi connectivity index (χ1) is 9.51. The highest BCUT2D eigenvalue weighted by Crippen LogP contribution is 2.34. The van der Waals surface area contributed by atoms with Crippen molar-refractivity contribution in [2.24, 2.45) is 0 Å². The molecule has 0 unspecified atom stereocenters. The highest BCUT2D eigenvalue weighted by atomic mass is 79.9. The number of nitrogens with zero attached hydrogens (tertiary/aromatic N) is 1. The monoisotopic (exact) mass is 355 g/mol. The number of aldehydes is 1. The molecule has 0 fully saturated rings. The van der Waals surface area contributed by atoms with Crippen LogP contribution < -0.4 is 4.74 Å². The topological polar surface area (TPSA) is 69.4 Å². The molecular formula is C13H7BrClNO4. The van der Waals surface area contributed by atoms with Gasteiger partial charge in [0.2, 0.25) is 0 Å². The van der Waals surface area contributed by atoms with Gasteiger partial charge in [-0.1, -0.05) is 27.5 Å². The minimum Gasteiger partial charge on any atom is -0.455 e. The van der Waals surface area contributed by atoms with Gasteiger partial charge in [-0.3, -0.25) is 14.9 Å². The van der Waals surface area contributed by atoms with Gasteiger partial charge in [-0.25, -0.2) is 0 Å². The van der Waals surface area contributed by atoms with Crippen molar-refractivity contribution in [1.29, 1.82) is 0 Å². The quantitative estimate of drug-likeness (QED) is 0.455. The van der Waals surface area contributed by atoms with Gasteiger partial charge in [0.1, 0.15) is 11.5 Å². The molecule has 0 spiro atoms. The smallest absolute Gasteiger partial charge is 0.271 e. The average Bonchev–Trinajstić information content (AvgIpc) is 2.42. The summed E-state index contributed by atoms with van der Waals surface area (Å²) in [5.41, 5.74) is 0.211. The van der Waals surface area contributed by atoms with Crippen molar-refractivity contribution < 1.29 is 14.5 Å². The maximum atomic E-state index is 11.0. The fourth-order valence-electron chi connectivity index (χ4n) is 1.51. The van der Waals surface area contributed by atoms with Crippen molar-refractivity contribution in [2.45, 2.75) is 0 Å². The number of halogens is 2. The normalized spacial score (nSPS) is 10.1. The van der Waals surface area contributed by atoms with Crippen LogP contribution in [0.4, 0.5) is 5.69 Å². The highest BCUT2D eigenvalue weighted by molar-refractivity contribution is 9.10. The number of carbonyl (C=O) groups is 1. The van der Waals surface area contributed by atoms with Crippen LogP contribution in [0.25, 0.3) is 0 Å². The first-order valence-corrected chi connectivity index (χ1v) is 6.55. The fraction of sp³-hybridized carbons (Fsp3) is 0. The summed E-state index contributed by atoms with van der Waals surface area (Å²) in [4.78, 5) is 21.0. The zero-order chi connectivity index (χ0) is 14.7. The summed E-state index contributed by atoms with van der Waals surface area (Å²) in [5.74, 6) is 0.557. The fourth-order valence-corrected chi connectivity index (χ4v) is 2.10. The third-order valence-corrected chi connectivity index (χ3v) is 3.23. The molecule has 0 radical (unpaired) electrons. The second-order valence-electron chi connectivity index (χ2n) is 3.77. The number of rotatable bonds is 4. The van der Waals surface area contributed by atoms with Crippen LogP contribution in [0.15, 0.2) is 40.9 Å². The minimum absolute atomic E-state index is 0.0963. The van der Waals surface area contributed by atoms with Gasteiger partial charge in [0, 0.05) is 16.6 Å². The molecule has 0 aliphatic carbocycles. The molecule has 0 aliphatic rings. The van der Waals surface area contributed by atoms with E-state index < -0.39 is 4.92 Å². The maximum Gasteiger partial charge on any atom is 0.271 e. The lowest BCUT2D eigenvalue weighted by Crippen LogP contribution is -1.93. The maximum absolute atomic E-state index is 11.0. The van der Waals surface area contributed by atoms with Gasteiger partial charge in [-0.05, 0) is 24.3 Å². The Balaban J connectivity index is 2.35. The van der Waals surface area contributed by atoms with E-state index in [0.717, 1.165) is 4.47 Å². The number of hydrogen-bond donors (Lipinski definition) is 0. The van der Waals surface area contributed by atoms with E-state index in [9.17, 15) is 14.9 Å². The Morgan fingerprint density at radius 2 is 1.90 bits per heavy atom. The van der Waals surface area contributed by atoms with Crippen molar-refractivity contribution >= 4 is 39.5 Å². The molecule has 0 heterocycles. The molecule has 0 saturated carbocycles. The van der Waals surface area contributed by atoms with E-state index in [1.54, 1.807) is 18.2 Å². The molecule has 0 atom stereocenters. The Morgan fingerprint density at radius 1 is 1.20 bits per heavy atom. The summed E-state index contributed by atoms with van der Waals surface area (Å²) >= 11 is 9.17. The lowest BCUT2D eigenvalue weighted by atomic mass is 10.2. The van der Waals surface area contributed by atoms with E-state index in [0.29, 0.717) is 17.6 Å². The standard InChI is InChI=1S/C13H7BrClNO4/c14-9-1-3-12(8(5-9)7-17)20-13-4-2-10(16(18)19)6-11(13)15/h1-7H. The number of nitro benzene ring substituents is 1. The molecule has 2 aromatic rings. The Kier molecular flexibility index (Phi) is 4.36. The van der Waals surface area contributed by atoms with Crippen molar-refractivity contribution in [2.75, 3.05) is 0 Å². The first-order valence-electron chi connectivity index (χ1n) is 5.38. The number of benzene rings is 2. The summed E-state index contributed by atoms with van der Waals surface area (Å²) in [7, 11) is 0. The van der Waals surface area contributed by atoms with Gasteiger partial charge in [0.05, 0.1) is 15.5 Å². The second-order valence-corrected chi connectivity index (χ2v) is 5.10. The Labute approximate surface area is 127 Å². The SMILES string of the molecule is O=Cc1cc(Br)ccc1Oc1ccc([N+](=O)[O-])cc1Cl. The summed E-state index contributed by atoms with van der Waals surface area (Å²) in [6, 6.07) is 8.77. The average molecular weight is 357 g/mol. The van der Waals surface area contributed by atoms with Gasteiger partial charge >= 0.3 is 0 Å². The van der Waals surface area contributed by atoms with E-state index >= 15 is 0 Å². The number of nitro groups is 1. The van der Waals surface area contributed by atoms with Crippen LogP contribution in [0.5, 0.6) is 11.5 Å². The van der Waals surface area contributed by atoms with Crippen LogP contribution in [0.3, 0.4) is 0 Å². The first kappa shape index (κ1) is 14.5. The number of hydrogen-bond acceptors (Lipinski definition) is 4. The zero-order valence-corrected chi connectivity index (χ0v) is 12.2. The van der Waals surface area contributed by atoms with E-state index in [4.69, 9.17) is 16.3 Å². The molecule has 0 N–H and O–H groups in total. The number of carbonyl (C=O) groups excluding carboxylic acids is 1. The molecule has 7 heteroatoms. The van der Waals surface area contributed by atoms with Gasteiger partial charge < -0.3 is 4.74 Å². The molecule has 0 aliphatic heterocycles. The molecule has 0 aromatic heterocycles. The summed E-state index contributed by atoms with van der Waals surface area (Å²) < 4.78 is 6.25. The van der Waals surface area contributed by atoms with Crippen LogP contribution in [-0.2, 0) is 0 Å². The van der Waals surface area contributed by atoms with E-state index in [1.807, 2.05) is 0 Å². The van der Waals surface area contributed by atoms with Gasteiger partial charge in [0.15, 0.2) is 6.29 Å². The molecule has 0 amide bonds. The van der Waals surface area contributed by atoms with Gasteiger partial charge in [0.25, 0.3) is 5.69 Å². The minimum atomic E-state index is -0.549. The number of non-ortho nitro benzene ring substituents is 1. The molecular weight excluding hydrogens is 350 g/mol. The van der Waals surface area contributed by atoms with Crippen molar-refractivity contribution in [3.63, 3.8) is 0 Å². The highest BCUT2D eigenvalue weighted by Gasteiger charge is 2.12. The van der Waals surface area contributed by atoms with E-state index in [1.165, 1.54) is 18.2 Å². The van der Waals surface area contributed by atoms with Gasteiger partial charge in [-0.2, -0.15) is 0 Å². The van der Waals surface area contributed by atoms with Crippen LogP contribution in [0.2, 0.25) is 5.02 Å². The molecule has 0 bridgehead atoms. The molecule has 5 nitrogen and oxygen atoms in total. The van der Waals surface area contributed by atoms with Crippen molar-refractivity contribution in [3.8, 4) is 11.5 Å². The van der Waals surface area contributed by atoms with E-state index in [-0.39, 0.29) is 16.5 Å². The zero-order valence-electron chi connectivity index (χ0n) is 9.88. The molecule has 102 valence electrons. The molecule has 2 aromatic carbocycles. The summed E-state index contributed by atoms with van der Waals surface area (Å²) in [6.07, 6.45) is 0.652.